The highest BCUT2D eigenvalue weighted by molar-refractivity contribution is 6.34. The van der Waals surface area contributed by atoms with Gasteiger partial charge in [0, 0.05) is 10.8 Å². The van der Waals surface area contributed by atoms with Crippen LogP contribution in [0.5, 0.6) is 0 Å². The molecule has 7 heteroatoms. The summed E-state index contributed by atoms with van der Waals surface area (Å²) in [6.07, 6.45) is -3.75. The maximum Gasteiger partial charge on any atom is 0.417 e. The first kappa shape index (κ1) is 11.1. The molecule has 0 amide bonds. The molecule has 0 unspecified atom stereocenters. The van der Waals surface area contributed by atoms with E-state index in [9.17, 15) is 17.6 Å². The van der Waals surface area contributed by atoms with Crippen molar-refractivity contribution >= 4 is 22.4 Å². The van der Waals surface area contributed by atoms with Crippen LogP contribution in [0.3, 0.4) is 0 Å². The first-order valence-electron chi connectivity index (χ1n) is 4.07. The van der Waals surface area contributed by atoms with Crippen LogP contribution in [0.25, 0.3) is 10.8 Å². The van der Waals surface area contributed by atoms with Crippen LogP contribution < -0.4 is 0 Å². The summed E-state index contributed by atoms with van der Waals surface area (Å²) in [4.78, 5) is 0. The minimum absolute atomic E-state index is 0.107. The van der Waals surface area contributed by atoms with Gasteiger partial charge >= 0.3 is 6.18 Å². The van der Waals surface area contributed by atoms with Crippen molar-refractivity contribution in [2.75, 3.05) is 0 Å². The quantitative estimate of drug-likeness (QED) is 0.670. The van der Waals surface area contributed by atoms with Crippen LogP contribution in [0, 0.1) is 5.82 Å². The molecule has 0 fully saturated rings. The van der Waals surface area contributed by atoms with Crippen molar-refractivity contribution in [1.29, 1.82) is 0 Å². The largest absolute Gasteiger partial charge is 0.417 e. The lowest BCUT2D eigenvalue weighted by Crippen LogP contribution is -2.07. The van der Waals surface area contributed by atoms with Crippen molar-refractivity contribution in [2.45, 2.75) is 6.18 Å². The highest BCUT2D eigenvalue weighted by Crippen LogP contribution is 2.36. The number of rotatable bonds is 0. The van der Waals surface area contributed by atoms with Gasteiger partial charge in [-0.3, -0.25) is 0 Å². The molecule has 2 rings (SSSR count). The SMILES string of the molecule is Fc1cc(C(F)(F)F)c2cnnc(Cl)c2c1. The van der Waals surface area contributed by atoms with Gasteiger partial charge in [0.25, 0.3) is 0 Å². The molecular formula is C9H3ClF4N2. The maximum atomic E-state index is 13.0. The number of hydrogen-bond acceptors (Lipinski definition) is 2. The Morgan fingerprint density at radius 1 is 1.12 bits per heavy atom. The van der Waals surface area contributed by atoms with Gasteiger partial charge in [-0.25, -0.2) is 4.39 Å². The lowest BCUT2D eigenvalue weighted by molar-refractivity contribution is -0.136. The Morgan fingerprint density at radius 3 is 2.44 bits per heavy atom. The van der Waals surface area contributed by atoms with Crippen LogP contribution in [0.4, 0.5) is 17.6 Å². The van der Waals surface area contributed by atoms with Gasteiger partial charge in [-0.05, 0) is 12.1 Å². The second-order valence-electron chi connectivity index (χ2n) is 3.05. The molecule has 0 aliphatic rings. The number of fused-ring (bicyclic) bond motifs is 1. The van der Waals surface area contributed by atoms with Crippen molar-refractivity contribution in [1.82, 2.24) is 10.2 Å². The van der Waals surface area contributed by atoms with E-state index in [-0.39, 0.29) is 15.9 Å². The highest BCUT2D eigenvalue weighted by atomic mass is 35.5. The summed E-state index contributed by atoms with van der Waals surface area (Å²) < 4.78 is 50.7. The van der Waals surface area contributed by atoms with E-state index in [1.807, 2.05) is 0 Å². The fourth-order valence-electron chi connectivity index (χ4n) is 1.35. The summed E-state index contributed by atoms with van der Waals surface area (Å²) in [7, 11) is 0. The Hall–Kier alpha value is -1.43. The van der Waals surface area contributed by atoms with E-state index >= 15 is 0 Å². The molecule has 0 saturated heterocycles. The summed E-state index contributed by atoms with van der Waals surface area (Å²) in [6, 6.07) is 1.29. The summed E-state index contributed by atoms with van der Waals surface area (Å²) in [5.41, 5.74) is -1.11. The van der Waals surface area contributed by atoms with Gasteiger partial charge in [-0.1, -0.05) is 11.6 Å². The van der Waals surface area contributed by atoms with Gasteiger partial charge in [0.2, 0.25) is 0 Å². The second-order valence-corrected chi connectivity index (χ2v) is 3.41. The summed E-state index contributed by atoms with van der Waals surface area (Å²) in [5.74, 6) is -1.02. The minimum atomic E-state index is -4.66. The molecule has 0 spiro atoms. The molecule has 16 heavy (non-hydrogen) atoms. The van der Waals surface area contributed by atoms with Gasteiger partial charge in [-0.15, -0.1) is 5.10 Å². The van der Waals surface area contributed by atoms with E-state index in [2.05, 4.69) is 10.2 Å². The molecule has 0 aliphatic heterocycles. The standard InChI is InChI=1S/C9H3ClF4N2/c10-8-5-1-4(11)2-7(9(12,13)14)6(5)3-15-16-8/h1-3H. The van der Waals surface area contributed by atoms with Gasteiger partial charge in [0.15, 0.2) is 5.15 Å². The summed E-state index contributed by atoms with van der Waals surface area (Å²) in [5, 5.41) is 6.03. The van der Waals surface area contributed by atoms with E-state index in [4.69, 9.17) is 11.6 Å². The average molecular weight is 251 g/mol. The molecule has 0 saturated carbocycles. The van der Waals surface area contributed by atoms with Crippen LogP contribution in [0.1, 0.15) is 5.56 Å². The van der Waals surface area contributed by atoms with Gasteiger partial charge in [0.1, 0.15) is 5.82 Å². The molecule has 1 aromatic heterocycles. The lowest BCUT2D eigenvalue weighted by atomic mass is 10.1. The number of nitrogens with zero attached hydrogens (tertiary/aromatic N) is 2. The van der Waals surface area contributed by atoms with Crippen molar-refractivity contribution in [2.24, 2.45) is 0 Å². The van der Waals surface area contributed by atoms with Crippen LogP contribution in [0.15, 0.2) is 18.3 Å². The molecule has 84 valence electrons. The lowest BCUT2D eigenvalue weighted by Gasteiger charge is -2.10. The normalized spacial score (nSPS) is 12.1. The van der Waals surface area contributed by atoms with E-state index in [0.717, 1.165) is 12.3 Å². The first-order valence-corrected chi connectivity index (χ1v) is 4.45. The predicted octanol–water partition coefficient (Wildman–Crippen LogP) is 3.44. The smallest absolute Gasteiger partial charge is 0.207 e. The van der Waals surface area contributed by atoms with Crippen LogP contribution in [-0.4, -0.2) is 10.2 Å². The molecule has 2 nitrogen and oxygen atoms in total. The number of alkyl halides is 3. The fraction of sp³-hybridized carbons (Fsp3) is 0.111. The van der Waals surface area contributed by atoms with Gasteiger partial charge < -0.3 is 0 Å². The zero-order chi connectivity index (χ0) is 11.9. The Morgan fingerprint density at radius 2 is 1.81 bits per heavy atom. The van der Waals surface area contributed by atoms with E-state index in [1.54, 1.807) is 0 Å². The van der Waals surface area contributed by atoms with E-state index in [1.165, 1.54) is 0 Å². The molecule has 0 aliphatic carbocycles. The zero-order valence-electron chi connectivity index (χ0n) is 7.52. The molecule has 2 aromatic rings. The number of halogens is 5. The number of hydrogen-bond donors (Lipinski definition) is 0. The molecule has 0 N–H and O–H groups in total. The molecular weight excluding hydrogens is 248 g/mol. The summed E-state index contributed by atoms with van der Waals surface area (Å²) >= 11 is 5.54. The number of benzene rings is 1. The Balaban J connectivity index is 2.89. The van der Waals surface area contributed by atoms with Gasteiger partial charge in [-0.2, -0.15) is 18.3 Å². The third-order valence-electron chi connectivity index (χ3n) is 2.00. The van der Waals surface area contributed by atoms with Crippen molar-refractivity contribution in [3.63, 3.8) is 0 Å². The average Bonchev–Trinajstić information content (AvgIpc) is 2.17. The predicted molar refractivity (Wildman–Crippen MR) is 49.5 cm³/mol. The first-order chi connectivity index (χ1) is 7.39. The van der Waals surface area contributed by atoms with Crippen LogP contribution >= 0.6 is 11.6 Å². The topological polar surface area (TPSA) is 25.8 Å². The van der Waals surface area contributed by atoms with Crippen molar-refractivity contribution < 1.29 is 17.6 Å². The zero-order valence-corrected chi connectivity index (χ0v) is 8.27. The Kier molecular flexibility index (Phi) is 2.46. The minimum Gasteiger partial charge on any atom is -0.207 e. The molecule has 0 radical (unpaired) electrons. The molecule has 1 heterocycles. The molecule has 0 atom stereocenters. The maximum absolute atomic E-state index is 13.0. The fourth-order valence-corrected chi connectivity index (χ4v) is 1.55. The van der Waals surface area contributed by atoms with E-state index < -0.39 is 17.6 Å². The van der Waals surface area contributed by atoms with Gasteiger partial charge in [0.05, 0.1) is 11.8 Å². The Bertz CT molecular complexity index is 553. The van der Waals surface area contributed by atoms with Crippen LogP contribution in [-0.2, 0) is 6.18 Å². The second kappa shape index (κ2) is 3.55. The summed E-state index contributed by atoms with van der Waals surface area (Å²) in [6.45, 7) is 0. The highest BCUT2D eigenvalue weighted by Gasteiger charge is 2.33. The van der Waals surface area contributed by atoms with Crippen molar-refractivity contribution in [3.8, 4) is 0 Å². The monoisotopic (exact) mass is 250 g/mol. The molecule has 1 aromatic carbocycles. The third-order valence-corrected chi connectivity index (χ3v) is 2.28. The van der Waals surface area contributed by atoms with Crippen molar-refractivity contribution in [3.05, 3.63) is 34.9 Å². The number of aromatic nitrogens is 2. The van der Waals surface area contributed by atoms with E-state index in [0.29, 0.717) is 6.07 Å². The molecule has 0 bridgehead atoms. The van der Waals surface area contributed by atoms with Crippen LogP contribution in [0.2, 0.25) is 5.15 Å². The Labute approximate surface area is 91.9 Å². The third kappa shape index (κ3) is 1.80.